The molecule has 25 heavy (non-hydrogen) atoms. The van der Waals surface area contributed by atoms with Gasteiger partial charge in [-0.3, -0.25) is 9.59 Å². The molecule has 2 heterocycles. The molecule has 0 bridgehead atoms. The van der Waals surface area contributed by atoms with Gasteiger partial charge in [-0.25, -0.2) is 0 Å². The summed E-state index contributed by atoms with van der Waals surface area (Å²) >= 11 is 0. The molecule has 0 aliphatic carbocycles. The Balaban J connectivity index is 1.76. The number of ether oxygens (including phenoxy) is 1. The van der Waals surface area contributed by atoms with Gasteiger partial charge in [0.15, 0.2) is 11.9 Å². The van der Waals surface area contributed by atoms with Gasteiger partial charge < -0.3 is 20.7 Å². The van der Waals surface area contributed by atoms with E-state index in [0.29, 0.717) is 29.2 Å². The van der Waals surface area contributed by atoms with E-state index in [1.54, 1.807) is 30.0 Å². The molecule has 2 amide bonds. The van der Waals surface area contributed by atoms with Gasteiger partial charge in [0.1, 0.15) is 0 Å². The van der Waals surface area contributed by atoms with Gasteiger partial charge in [-0.15, -0.1) is 0 Å². The molecule has 2 aliphatic heterocycles. The van der Waals surface area contributed by atoms with E-state index in [1.165, 1.54) is 0 Å². The maximum absolute atomic E-state index is 13.2. The highest BCUT2D eigenvalue weighted by Gasteiger charge is 2.31. The second kappa shape index (κ2) is 5.81. The number of nitrogen functional groups attached to an aromatic ring is 1. The molecule has 3 N–H and O–H groups in total. The molecule has 2 aromatic carbocycles. The lowest BCUT2D eigenvalue weighted by Gasteiger charge is -2.32. The number of hydrogen-bond acceptors (Lipinski definition) is 4. The standard InChI is InChI=1S/C19H19N3O3/c1-11-18(23)21-15-8-2-5-13(17(15)25-11)19(24)22-10-4-6-12-14(20)7-3-9-16(12)22/h2-3,5,7-9,11H,4,6,10,20H2,1H3,(H,21,23). The van der Waals surface area contributed by atoms with Gasteiger partial charge in [-0.2, -0.15) is 0 Å². The zero-order valence-corrected chi connectivity index (χ0v) is 13.9. The Morgan fingerprint density at radius 1 is 1.28 bits per heavy atom. The van der Waals surface area contributed by atoms with E-state index in [-0.39, 0.29) is 11.8 Å². The zero-order valence-electron chi connectivity index (χ0n) is 13.9. The van der Waals surface area contributed by atoms with Crippen LogP contribution >= 0.6 is 0 Å². The first-order chi connectivity index (χ1) is 12.1. The van der Waals surface area contributed by atoms with Gasteiger partial charge in [-0.05, 0) is 49.6 Å². The lowest BCUT2D eigenvalue weighted by molar-refractivity contribution is -0.122. The van der Waals surface area contributed by atoms with E-state index in [1.807, 2.05) is 18.2 Å². The second-order valence-electron chi connectivity index (χ2n) is 6.34. The topological polar surface area (TPSA) is 84.7 Å². The van der Waals surface area contributed by atoms with Crippen LogP contribution in [-0.2, 0) is 11.2 Å². The number of para-hydroxylation sites is 1. The fourth-order valence-electron chi connectivity index (χ4n) is 3.40. The summed E-state index contributed by atoms with van der Waals surface area (Å²) in [5, 5.41) is 2.78. The Bertz CT molecular complexity index is 878. The predicted molar refractivity (Wildman–Crippen MR) is 96.0 cm³/mol. The highest BCUT2D eigenvalue weighted by molar-refractivity contribution is 6.11. The van der Waals surface area contributed by atoms with E-state index in [4.69, 9.17) is 10.5 Å². The van der Waals surface area contributed by atoms with Gasteiger partial charge >= 0.3 is 0 Å². The normalized spacial score (nSPS) is 18.7. The van der Waals surface area contributed by atoms with Crippen molar-refractivity contribution in [1.29, 1.82) is 0 Å². The van der Waals surface area contributed by atoms with E-state index in [9.17, 15) is 9.59 Å². The molecule has 1 atom stereocenters. The molecule has 2 aromatic rings. The summed E-state index contributed by atoms with van der Waals surface area (Å²) in [6, 6.07) is 10.8. The Hall–Kier alpha value is -3.02. The first-order valence-corrected chi connectivity index (χ1v) is 8.36. The number of hydrogen-bond donors (Lipinski definition) is 2. The highest BCUT2D eigenvalue weighted by atomic mass is 16.5. The Morgan fingerprint density at radius 3 is 2.92 bits per heavy atom. The minimum atomic E-state index is -0.634. The van der Waals surface area contributed by atoms with Crippen LogP contribution in [0.15, 0.2) is 36.4 Å². The third-order valence-corrected chi connectivity index (χ3v) is 4.70. The molecular formula is C19H19N3O3. The highest BCUT2D eigenvalue weighted by Crippen LogP contribution is 2.37. The van der Waals surface area contributed by atoms with Crippen LogP contribution in [0.1, 0.15) is 29.3 Å². The van der Waals surface area contributed by atoms with Crippen LogP contribution in [0.5, 0.6) is 5.75 Å². The smallest absolute Gasteiger partial charge is 0.265 e. The maximum atomic E-state index is 13.2. The molecule has 0 saturated carbocycles. The van der Waals surface area contributed by atoms with Gasteiger partial charge in [0, 0.05) is 17.9 Å². The largest absolute Gasteiger partial charge is 0.478 e. The van der Waals surface area contributed by atoms with Crippen molar-refractivity contribution in [3.63, 3.8) is 0 Å². The van der Waals surface area contributed by atoms with E-state index >= 15 is 0 Å². The molecule has 6 heteroatoms. The fourth-order valence-corrected chi connectivity index (χ4v) is 3.40. The molecule has 0 fully saturated rings. The molecule has 1 unspecified atom stereocenters. The Kier molecular flexibility index (Phi) is 3.60. The Morgan fingerprint density at radius 2 is 2.08 bits per heavy atom. The van der Waals surface area contributed by atoms with Crippen LogP contribution in [0.3, 0.4) is 0 Å². The molecule has 0 radical (unpaired) electrons. The fraction of sp³-hybridized carbons (Fsp3) is 0.263. The number of nitrogens with one attached hydrogen (secondary N) is 1. The van der Waals surface area contributed by atoms with Crippen molar-refractivity contribution in [3.05, 3.63) is 47.5 Å². The first kappa shape index (κ1) is 15.5. The second-order valence-corrected chi connectivity index (χ2v) is 6.34. The third kappa shape index (κ3) is 2.50. The number of nitrogens with two attached hydrogens (primary N) is 1. The first-order valence-electron chi connectivity index (χ1n) is 8.36. The molecule has 0 aromatic heterocycles. The van der Waals surface area contributed by atoms with Crippen molar-refractivity contribution in [2.75, 3.05) is 22.5 Å². The van der Waals surface area contributed by atoms with Gasteiger partial charge in [0.05, 0.1) is 11.3 Å². The molecule has 0 saturated heterocycles. The average Bonchev–Trinajstić information content (AvgIpc) is 2.62. The van der Waals surface area contributed by atoms with Crippen LogP contribution in [0.2, 0.25) is 0 Å². The van der Waals surface area contributed by atoms with Crippen molar-refractivity contribution in [3.8, 4) is 5.75 Å². The quantitative estimate of drug-likeness (QED) is 0.783. The maximum Gasteiger partial charge on any atom is 0.265 e. The number of carbonyl (C=O) groups excluding carboxylic acids is 2. The summed E-state index contributed by atoms with van der Waals surface area (Å²) in [6.45, 7) is 2.29. The van der Waals surface area contributed by atoms with Crippen LogP contribution in [0.25, 0.3) is 0 Å². The molecule has 2 aliphatic rings. The van der Waals surface area contributed by atoms with Gasteiger partial charge in [0.25, 0.3) is 11.8 Å². The average molecular weight is 337 g/mol. The summed E-state index contributed by atoms with van der Waals surface area (Å²) in [5.41, 5.74) is 9.62. The summed E-state index contributed by atoms with van der Waals surface area (Å²) in [5.74, 6) is 0.0653. The SMILES string of the molecule is CC1Oc2c(cccc2C(=O)N2CCCc3c(N)cccc32)NC1=O. The van der Waals surface area contributed by atoms with Crippen molar-refractivity contribution in [2.24, 2.45) is 0 Å². The molecule has 128 valence electrons. The van der Waals surface area contributed by atoms with E-state index in [0.717, 1.165) is 24.1 Å². The van der Waals surface area contributed by atoms with Crippen LogP contribution in [0.4, 0.5) is 17.1 Å². The summed E-state index contributed by atoms with van der Waals surface area (Å²) in [6.07, 6.45) is 1.09. The van der Waals surface area contributed by atoms with Gasteiger partial charge in [0.2, 0.25) is 0 Å². The molecule has 0 spiro atoms. The minimum Gasteiger partial charge on any atom is -0.478 e. The number of anilines is 3. The molecule has 4 rings (SSSR count). The van der Waals surface area contributed by atoms with Crippen molar-refractivity contribution in [2.45, 2.75) is 25.9 Å². The summed E-state index contributed by atoms with van der Waals surface area (Å²) < 4.78 is 5.71. The summed E-state index contributed by atoms with van der Waals surface area (Å²) in [7, 11) is 0. The predicted octanol–water partition coefficient (Wildman–Crippen LogP) is 2.58. The van der Waals surface area contributed by atoms with Crippen LogP contribution in [0, 0.1) is 0 Å². The number of nitrogens with zero attached hydrogens (tertiary/aromatic N) is 1. The number of benzene rings is 2. The van der Waals surface area contributed by atoms with Gasteiger partial charge in [-0.1, -0.05) is 12.1 Å². The lowest BCUT2D eigenvalue weighted by Crippen LogP contribution is -2.38. The number of amides is 2. The third-order valence-electron chi connectivity index (χ3n) is 4.70. The zero-order chi connectivity index (χ0) is 17.6. The monoisotopic (exact) mass is 337 g/mol. The van der Waals surface area contributed by atoms with Crippen LogP contribution in [-0.4, -0.2) is 24.5 Å². The summed E-state index contributed by atoms with van der Waals surface area (Å²) in [4.78, 5) is 26.8. The van der Waals surface area contributed by atoms with Crippen molar-refractivity contribution in [1.82, 2.24) is 0 Å². The van der Waals surface area contributed by atoms with E-state index in [2.05, 4.69) is 5.32 Å². The van der Waals surface area contributed by atoms with Crippen molar-refractivity contribution >= 4 is 28.9 Å². The lowest BCUT2D eigenvalue weighted by atomic mass is 9.98. The number of rotatable bonds is 1. The number of fused-ring (bicyclic) bond motifs is 2. The molecule has 6 nitrogen and oxygen atoms in total. The van der Waals surface area contributed by atoms with Crippen molar-refractivity contribution < 1.29 is 14.3 Å². The number of carbonyl (C=O) groups is 2. The minimum absolute atomic E-state index is 0.147. The van der Waals surface area contributed by atoms with Crippen LogP contribution < -0.4 is 20.7 Å². The van der Waals surface area contributed by atoms with E-state index < -0.39 is 6.10 Å². The Labute approximate surface area is 145 Å². The molecular weight excluding hydrogens is 318 g/mol.